The van der Waals surface area contributed by atoms with Crippen molar-refractivity contribution in [2.24, 2.45) is 0 Å². The second-order valence-electron chi connectivity index (χ2n) is 8.17. The number of hydrogen-bond donors (Lipinski definition) is 2. The first-order chi connectivity index (χ1) is 17.5. The number of imidazole rings is 2. The Labute approximate surface area is 209 Å². The maximum atomic E-state index is 10.0. The Balaban J connectivity index is 0.000000257. The van der Waals surface area contributed by atoms with Gasteiger partial charge in [0, 0.05) is 75.5 Å². The van der Waals surface area contributed by atoms with Gasteiger partial charge in [0.25, 0.3) is 0 Å². The van der Waals surface area contributed by atoms with Crippen molar-refractivity contribution >= 4 is 11.9 Å². The van der Waals surface area contributed by atoms with E-state index in [0.717, 1.165) is 37.6 Å². The van der Waals surface area contributed by atoms with Gasteiger partial charge in [-0.1, -0.05) is 12.8 Å². The summed E-state index contributed by atoms with van der Waals surface area (Å²) in [6, 6.07) is 8.03. The summed E-state index contributed by atoms with van der Waals surface area (Å²) < 4.78 is 4.20. The highest BCUT2D eigenvalue weighted by Gasteiger charge is 2.13. The SMILES string of the molecule is O=C(O)CCCCCCC(=O)O.c1cc(Cn2ccnc2-c2nccn2Cc2ccncc2)ccn1. The standard InChI is InChI=1S/C18H16N6.C8H14O4/c1-5-19-6-2-15(1)13-23-11-9-21-17(23)18-22-10-12-24(18)14-16-3-7-20-8-4-16;9-7(10)5-3-1-2-4-6-8(11)12/h1-12H,13-14H2;1-6H2,(H,9,10)(H,11,12). The second-order valence-corrected chi connectivity index (χ2v) is 8.17. The Kier molecular flexibility index (Phi) is 10.3. The average Bonchev–Trinajstić information content (AvgIpc) is 3.52. The first kappa shape index (κ1) is 26.3. The van der Waals surface area contributed by atoms with Crippen LogP contribution in [-0.4, -0.2) is 51.2 Å². The largest absolute Gasteiger partial charge is 0.481 e. The Hall–Kier alpha value is -4.34. The number of nitrogens with zero attached hydrogens (tertiary/aromatic N) is 6. The number of carboxylic acids is 2. The molecule has 36 heavy (non-hydrogen) atoms. The highest BCUT2D eigenvalue weighted by molar-refractivity contribution is 5.66. The molecule has 0 saturated heterocycles. The van der Waals surface area contributed by atoms with E-state index in [1.54, 1.807) is 24.8 Å². The van der Waals surface area contributed by atoms with E-state index in [1.807, 2.05) is 49.1 Å². The number of aliphatic carboxylic acids is 2. The summed E-state index contributed by atoms with van der Waals surface area (Å²) in [5, 5.41) is 16.5. The summed E-state index contributed by atoms with van der Waals surface area (Å²) in [7, 11) is 0. The van der Waals surface area contributed by atoms with Crippen LogP contribution in [0.3, 0.4) is 0 Å². The van der Waals surface area contributed by atoms with E-state index in [-0.39, 0.29) is 12.8 Å². The molecule has 0 saturated carbocycles. The number of rotatable bonds is 12. The fourth-order valence-electron chi connectivity index (χ4n) is 3.56. The summed E-state index contributed by atoms with van der Waals surface area (Å²) in [6.45, 7) is 1.47. The molecule has 4 aromatic rings. The highest BCUT2D eigenvalue weighted by atomic mass is 16.4. The van der Waals surface area contributed by atoms with Gasteiger partial charge >= 0.3 is 11.9 Å². The maximum Gasteiger partial charge on any atom is 0.303 e. The van der Waals surface area contributed by atoms with Crippen LogP contribution < -0.4 is 0 Å². The van der Waals surface area contributed by atoms with Crippen LogP contribution >= 0.6 is 0 Å². The Morgan fingerprint density at radius 2 is 1.00 bits per heavy atom. The minimum absolute atomic E-state index is 0.188. The molecule has 0 atom stereocenters. The van der Waals surface area contributed by atoms with Crippen LogP contribution in [0.4, 0.5) is 0 Å². The molecule has 10 nitrogen and oxygen atoms in total. The summed E-state index contributed by atoms with van der Waals surface area (Å²) in [6.07, 6.45) is 18.1. The zero-order valence-electron chi connectivity index (χ0n) is 20.0. The van der Waals surface area contributed by atoms with Crippen molar-refractivity contribution in [3.63, 3.8) is 0 Å². The van der Waals surface area contributed by atoms with Crippen LogP contribution in [0.25, 0.3) is 11.6 Å². The number of unbranched alkanes of at least 4 members (excludes halogenated alkanes) is 3. The summed E-state index contributed by atoms with van der Waals surface area (Å²) in [5.74, 6) is 0.137. The van der Waals surface area contributed by atoms with E-state index in [0.29, 0.717) is 12.8 Å². The van der Waals surface area contributed by atoms with Crippen molar-refractivity contribution in [2.45, 2.75) is 51.6 Å². The predicted molar refractivity (Wildman–Crippen MR) is 133 cm³/mol. The van der Waals surface area contributed by atoms with Crippen molar-refractivity contribution in [1.82, 2.24) is 29.1 Å². The molecule has 0 aliphatic heterocycles. The Morgan fingerprint density at radius 3 is 1.36 bits per heavy atom. The minimum Gasteiger partial charge on any atom is -0.481 e. The van der Waals surface area contributed by atoms with Gasteiger partial charge in [0.2, 0.25) is 0 Å². The van der Waals surface area contributed by atoms with Gasteiger partial charge in [-0.25, -0.2) is 9.97 Å². The lowest BCUT2D eigenvalue weighted by atomic mass is 10.1. The molecule has 0 aromatic carbocycles. The zero-order valence-corrected chi connectivity index (χ0v) is 20.0. The van der Waals surface area contributed by atoms with Crippen LogP contribution in [0.1, 0.15) is 49.7 Å². The lowest BCUT2D eigenvalue weighted by Gasteiger charge is -2.10. The molecule has 0 aliphatic carbocycles. The number of pyridine rings is 2. The monoisotopic (exact) mass is 490 g/mol. The van der Waals surface area contributed by atoms with E-state index >= 15 is 0 Å². The number of carboxylic acid groups (broad SMARTS) is 2. The van der Waals surface area contributed by atoms with Crippen LogP contribution in [0.5, 0.6) is 0 Å². The van der Waals surface area contributed by atoms with Gasteiger partial charge in [-0.3, -0.25) is 19.6 Å². The lowest BCUT2D eigenvalue weighted by molar-refractivity contribution is -0.138. The fraction of sp³-hybridized carbons (Fsp3) is 0.308. The van der Waals surface area contributed by atoms with Crippen LogP contribution in [-0.2, 0) is 22.7 Å². The number of hydrogen-bond acceptors (Lipinski definition) is 6. The van der Waals surface area contributed by atoms with Crippen molar-refractivity contribution in [3.8, 4) is 11.6 Å². The first-order valence-corrected chi connectivity index (χ1v) is 11.8. The van der Waals surface area contributed by atoms with Crippen LogP contribution in [0.2, 0.25) is 0 Å². The molecular weight excluding hydrogens is 460 g/mol. The quantitative estimate of drug-likeness (QED) is 0.283. The van der Waals surface area contributed by atoms with Crippen molar-refractivity contribution in [2.75, 3.05) is 0 Å². The summed E-state index contributed by atoms with van der Waals surface area (Å²) in [4.78, 5) is 37.2. The summed E-state index contributed by atoms with van der Waals surface area (Å²) in [5.41, 5.74) is 2.35. The lowest BCUT2D eigenvalue weighted by Crippen LogP contribution is -2.07. The molecule has 0 bridgehead atoms. The van der Waals surface area contributed by atoms with Gasteiger partial charge in [-0.05, 0) is 48.2 Å². The van der Waals surface area contributed by atoms with Gasteiger partial charge in [0.05, 0.1) is 0 Å². The minimum atomic E-state index is -0.784. The molecule has 0 spiro atoms. The van der Waals surface area contributed by atoms with E-state index < -0.39 is 11.9 Å². The molecule has 0 amide bonds. The third-order valence-electron chi connectivity index (χ3n) is 5.37. The molecular formula is C26H30N6O4. The molecule has 0 fully saturated rings. The molecule has 188 valence electrons. The molecule has 4 heterocycles. The van der Waals surface area contributed by atoms with Crippen molar-refractivity contribution < 1.29 is 19.8 Å². The van der Waals surface area contributed by atoms with Crippen molar-refractivity contribution in [1.29, 1.82) is 0 Å². The molecule has 2 N–H and O–H groups in total. The van der Waals surface area contributed by atoms with E-state index in [2.05, 4.69) is 29.1 Å². The summed E-state index contributed by atoms with van der Waals surface area (Å²) >= 11 is 0. The molecule has 10 heteroatoms. The topological polar surface area (TPSA) is 136 Å². The average molecular weight is 491 g/mol. The van der Waals surface area contributed by atoms with Gasteiger partial charge in [-0.2, -0.15) is 0 Å². The fourth-order valence-corrected chi connectivity index (χ4v) is 3.56. The normalized spacial score (nSPS) is 10.4. The van der Waals surface area contributed by atoms with E-state index in [1.165, 1.54) is 11.1 Å². The van der Waals surface area contributed by atoms with E-state index in [4.69, 9.17) is 10.2 Å². The van der Waals surface area contributed by atoms with Crippen LogP contribution in [0.15, 0.2) is 73.8 Å². The van der Waals surface area contributed by atoms with Crippen molar-refractivity contribution in [3.05, 3.63) is 85.0 Å². The maximum absolute atomic E-state index is 10.0. The molecule has 0 radical (unpaired) electrons. The van der Waals surface area contributed by atoms with Gasteiger partial charge in [0.15, 0.2) is 11.6 Å². The Bertz CT molecular complexity index is 1110. The van der Waals surface area contributed by atoms with E-state index in [9.17, 15) is 9.59 Å². The first-order valence-electron chi connectivity index (χ1n) is 11.8. The number of carbonyl (C=O) groups is 2. The number of aromatic nitrogens is 6. The molecule has 0 unspecified atom stereocenters. The predicted octanol–water partition coefficient (Wildman–Crippen LogP) is 4.13. The zero-order chi connectivity index (χ0) is 25.6. The van der Waals surface area contributed by atoms with Gasteiger partial charge < -0.3 is 19.3 Å². The third kappa shape index (κ3) is 8.79. The van der Waals surface area contributed by atoms with Gasteiger partial charge in [0.1, 0.15) is 0 Å². The van der Waals surface area contributed by atoms with Gasteiger partial charge in [-0.15, -0.1) is 0 Å². The smallest absolute Gasteiger partial charge is 0.303 e. The molecule has 4 rings (SSSR count). The Morgan fingerprint density at radius 1 is 0.611 bits per heavy atom. The highest BCUT2D eigenvalue weighted by Crippen LogP contribution is 2.18. The molecule has 4 aromatic heterocycles. The third-order valence-corrected chi connectivity index (χ3v) is 5.37. The second kappa shape index (κ2) is 14.1. The molecule has 0 aliphatic rings. The van der Waals surface area contributed by atoms with Crippen LogP contribution in [0, 0.1) is 0 Å².